The van der Waals surface area contributed by atoms with Crippen molar-refractivity contribution in [3.8, 4) is 22.8 Å². The van der Waals surface area contributed by atoms with E-state index in [1.807, 2.05) is 48.5 Å². The number of nitrogens with one attached hydrogen (secondary N) is 1. The second-order valence-corrected chi connectivity index (χ2v) is 9.94. The van der Waals surface area contributed by atoms with E-state index in [-0.39, 0.29) is 36.0 Å². The van der Waals surface area contributed by atoms with Crippen LogP contribution in [-0.2, 0) is 22.6 Å². The van der Waals surface area contributed by atoms with Crippen LogP contribution in [0.25, 0.3) is 11.3 Å². The molecule has 0 bridgehead atoms. The Balaban J connectivity index is 1.91. The van der Waals surface area contributed by atoms with E-state index in [9.17, 15) is 14.4 Å². The minimum Gasteiger partial charge on any atom is -0.496 e. The quantitative estimate of drug-likeness (QED) is 0.285. The Morgan fingerprint density at radius 3 is 2.21 bits per heavy atom. The maximum atomic E-state index is 13.5. The highest BCUT2D eigenvalue weighted by atomic mass is 16.5. The molecule has 1 atom stereocenters. The van der Waals surface area contributed by atoms with E-state index >= 15 is 0 Å². The van der Waals surface area contributed by atoms with Gasteiger partial charge in [0.15, 0.2) is 11.5 Å². The van der Waals surface area contributed by atoms with Gasteiger partial charge in [-0.15, -0.1) is 0 Å². The van der Waals surface area contributed by atoms with Gasteiger partial charge in [0.05, 0.1) is 31.5 Å². The molecule has 0 fully saturated rings. The summed E-state index contributed by atoms with van der Waals surface area (Å²) in [7, 11) is 3.17. The number of amides is 1. The standard InChI is InChI=1S/C31H39N3O5/c1-6-23(35)16-18-27(36)24(17-15-22-11-8-7-9-12-22)32-31(37)25-19-26(34(33-25)20-21(2)3)30-28(38-4)13-10-14-29(30)39-5/h7-14,19,21,24H,6,15-18,20H2,1-5H3,(H,32,37)/t24-/m0/s1. The van der Waals surface area contributed by atoms with E-state index in [2.05, 4.69) is 24.3 Å². The van der Waals surface area contributed by atoms with Gasteiger partial charge in [0, 0.05) is 25.8 Å². The lowest BCUT2D eigenvalue weighted by atomic mass is 9.98. The Hall–Kier alpha value is -3.94. The highest BCUT2D eigenvalue weighted by Crippen LogP contribution is 2.38. The normalized spacial score (nSPS) is 11.7. The van der Waals surface area contributed by atoms with Crippen LogP contribution in [-0.4, -0.2) is 47.5 Å². The van der Waals surface area contributed by atoms with Gasteiger partial charge in [-0.2, -0.15) is 5.10 Å². The molecule has 8 nitrogen and oxygen atoms in total. The molecule has 0 radical (unpaired) electrons. The number of aryl methyl sites for hydroxylation is 1. The van der Waals surface area contributed by atoms with Crippen molar-refractivity contribution in [2.45, 2.75) is 65.5 Å². The van der Waals surface area contributed by atoms with Crippen LogP contribution in [0.3, 0.4) is 0 Å². The fraction of sp³-hybridized carbons (Fsp3) is 0.419. The zero-order valence-corrected chi connectivity index (χ0v) is 23.5. The molecular formula is C31H39N3O5. The van der Waals surface area contributed by atoms with Gasteiger partial charge in [0.2, 0.25) is 0 Å². The summed E-state index contributed by atoms with van der Waals surface area (Å²) in [5.74, 6) is 0.886. The van der Waals surface area contributed by atoms with Crippen LogP contribution in [0.1, 0.15) is 62.5 Å². The monoisotopic (exact) mass is 533 g/mol. The SMILES string of the molecule is CCC(=O)CCC(=O)[C@H](CCc1ccccc1)NC(=O)c1cc(-c2c(OC)cccc2OC)n(CC(C)C)n1. The van der Waals surface area contributed by atoms with Gasteiger partial charge >= 0.3 is 0 Å². The number of hydrogen-bond acceptors (Lipinski definition) is 6. The second-order valence-electron chi connectivity index (χ2n) is 9.94. The van der Waals surface area contributed by atoms with Crippen molar-refractivity contribution in [2.24, 2.45) is 5.92 Å². The lowest BCUT2D eigenvalue weighted by molar-refractivity contribution is -0.125. The summed E-state index contributed by atoms with van der Waals surface area (Å²) >= 11 is 0. The van der Waals surface area contributed by atoms with Crippen molar-refractivity contribution in [2.75, 3.05) is 14.2 Å². The molecule has 0 aliphatic carbocycles. The number of carbonyl (C=O) groups is 3. The number of rotatable bonds is 15. The van der Waals surface area contributed by atoms with E-state index in [0.717, 1.165) is 5.56 Å². The second kappa shape index (κ2) is 14.3. The summed E-state index contributed by atoms with van der Waals surface area (Å²) in [5, 5.41) is 7.53. The van der Waals surface area contributed by atoms with Gasteiger partial charge in [-0.05, 0) is 42.5 Å². The number of benzene rings is 2. The first-order valence-corrected chi connectivity index (χ1v) is 13.5. The van der Waals surface area contributed by atoms with Crippen molar-refractivity contribution in [3.05, 3.63) is 65.9 Å². The lowest BCUT2D eigenvalue weighted by Gasteiger charge is -2.17. The Labute approximate surface area is 230 Å². The molecule has 0 saturated heterocycles. The Kier molecular flexibility index (Phi) is 10.8. The minimum atomic E-state index is -0.734. The van der Waals surface area contributed by atoms with E-state index < -0.39 is 11.9 Å². The van der Waals surface area contributed by atoms with E-state index in [1.165, 1.54) is 0 Å². The van der Waals surface area contributed by atoms with Crippen molar-refractivity contribution < 1.29 is 23.9 Å². The molecular weight excluding hydrogens is 494 g/mol. The molecule has 2 aromatic carbocycles. The zero-order valence-electron chi connectivity index (χ0n) is 23.5. The van der Waals surface area contributed by atoms with Gasteiger partial charge in [0.25, 0.3) is 5.91 Å². The number of aromatic nitrogens is 2. The highest BCUT2D eigenvalue weighted by Gasteiger charge is 2.26. The molecule has 3 aromatic rings. The van der Waals surface area contributed by atoms with Gasteiger partial charge in [-0.1, -0.05) is 57.2 Å². The van der Waals surface area contributed by atoms with Gasteiger partial charge in [-0.3, -0.25) is 19.1 Å². The fourth-order valence-electron chi connectivity index (χ4n) is 4.43. The van der Waals surface area contributed by atoms with Crippen molar-refractivity contribution in [3.63, 3.8) is 0 Å². The lowest BCUT2D eigenvalue weighted by Crippen LogP contribution is -2.41. The molecule has 1 amide bonds. The number of ketones is 2. The number of carbonyl (C=O) groups excluding carboxylic acids is 3. The molecule has 0 unspecified atom stereocenters. The average molecular weight is 534 g/mol. The number of ether oxygens (including phenoxy) is 2. The van der Waals surface area contributed by atoms with Gasteiger partial charge in [0.1, 0.15) is 17.3 Å². The maximum absolute atomic E-state index is 13.5. The third-order valence-corrected chi connectivity index (χ3v) is 6.54. The number of methoxy groups -OCH3 is 2. The van der Waals surface area contributed by atoms with E-state index in [1.54, 1.807) is 31.9 Å². The summed E-state index contributed by atoms with van der Waals surface area (Å²) in [4.78, 5) is 38.5. The van der Waals surface area contributed by atoms with Crippen LogP contribution in [0.15, 0.2) is 54.6 Å². The molecule has 1 N–H and O–H groups in total. The fourth-order valence-corrected chi connectivity index (χ4v) is 4.43. The highest BCUT2D eigenvalue weighted by molar-refractivity contribution is 5.98. The van der Waals surface area contributed by atoms with Crippen molar-refractivity contribution in [1.29, 1.82) is 0 Å². The van der Waals surface area contributed by atoms with Gasteiger partial charge in [-0.25, -0.2) is 0 Å². The van der Waals surface area contributed by atoms with Crippen LogP contribution < -0.4 is 14.8 Å². The Morgan fingerprint density at radius 1 is 0.949 bits per heavy atom. The van der Waals surface area contributed by atoms with Crippen molar-refractivity contribution >= 4 is 17.5 Å². The van der Waals surface area contributed by atoms with E-state index in [4.69, 9.17) is 9.47 Å². The summed E-state index contributed by atoms with van der Waals surface area (Å²) in [6.07, 6.45) is 1.70. The number of hydrogen-bond donors (Lipinski definition) is 1. The molecule has 0 saturated carbocycles. The van der Waals surface area contributed by atoms with Crippen molar-refractivity contribution in [1.82, 2.24) is 15.1 Å². The number of Topliss-reactive ketones (excluding diaryl/α,β-unsaturated/α-hetero) is 2. The van der Waals surface area contributed by atoms with Gasteiger partial charge < -0.3 is 14.8 Å². The van der Waals surface area contributed by atoms with Crippen LogP contribution in [0, 0.1) is 5.92 Å². The Bertz CT molecular complexity index is 1240. The average Bonchev–Trinajstić information content (AvgIpc) is 3.36. The first kappa shape index (κ1) is 29.6. The van der Waals surface area contributed by atoms with Crippen LogP contribution in [0.5, 0.6) is 11.5 Å². The molecule has 0 aliphatic heterocycles. The molecule has 39 heavy (non-hydrogen) atoms. The van der Waals surface area contributed by atoms with E-state index in [0.29, 0.717) is 48.6 Å². The Morgan fingerprint density at radius 2 is 1.62 bits per heavy atom. The summed E-state index contributed by atoms with van der Waals surface area (Å²) < 4.78 is 13.0. The molecule has 0 spiro atoms. The maximum Gasteiger partial charge on any atom is 0.272 e. The van der Waals surface area contributed by atoms with Crippen LogP contribution in [0.4, 0.5) is 0 Å². The predicted molar refractivity (Wildman–Crippen MR) is 151 cm³/mol. The zero-order chi connectivity index (χ0) is 28.4. The largest absolute Gasteiger partial charge is 0.496 e. The predicted octanol–water partition coefficient (Wildman–Crippen LogP) is 5.28. The minimum absolute atomic E-state index is 0.0271. The first-order valence-electron chi connectivity index (χ1n) is 13.5. The smallest absolute Gasteiger partial charge is 0.272 e. The molecule has 8 heteroatoms. The van der Waals surface area contributed by atoms with Crippen LogP contribution in [0.2, 0.25) is 0 Å². The molecule has 1 heterocycles. The van der Waals surface area contributed by atoms with Crippen LogP contribution >= 0.6 is 0 Å². The molecule has 1 aromatic heterocycles. The molecule has 208 valence electrons. The summed E-state index contributed by atoms with van der Waals surface area (Å²) in [5.41, 5.74) is 2.65. The molecule has 3 rings (SSSR count). The topological polar surface area (TPSA) is 99.5 Å². The molecule has 0 aliphatic rings. The third-order valence-electron chi connectivity index (χ3n) is 6.54. The third kappa shape index (κ3) is 8.02. The summed E-state index contributed by atoms with van der Waals surface area (Å²) in [6, 6.07) is 16.3. The number of nitrogens with zero attached hydrogens (tertiary/aromatic N) is 2. The first-order chi connectivity index (χ1) is 18.8. The summed E-state index contributed by atoms with van der Waals surface area (Å²) in [6.45, 7) is 6.49.